The topological polar surface area (TPSA) is 35.5 Å². The molecule has 70 valence electrons. The van der Waals surface area contributed by atoms with Crippen LogP contribution in [0.25, 0.3) is 0 Å². The number of thioether (sulfide) groups is 1. The van der Waals surface area contributed by atoms with E-state index < -0.39 is 0 Å². The van der Waals surface area contributed by atoms with E-state index in [2.05, 4.69) is 0 Å². The monoisotopic (exact) mass is 190 g/mol. The molecule has 0 amide bonds. The summed E-state index contributed by atoms with van der Waals surface area (Å²) in [6, 6.07) is 0. The Bertz CT molecular complexity index is 164. The van der Waals surface area contributed by atoms with E-state index in [1.807, 2.05) is 6.26 Å². The fraction of sp³-hybridized carbons (Fsp3) is 0.875. The largest absolute Gasteiger partial charge is 0.464 e. The second-order valence-corrected chi connectivity index (χ2v) is 4.24. The molecule has 0 aromatic heterocycles. The molecule has 1 aliphatic heterocycles. The minimum absolute atomic E-state index is 0.0195. The van der Waals surface area contributed by atoms with Crippen molar-refractivity contribution < 1.29 is 14.3 Å². The molecule has 0 aliphatic carbocycles. The Labute approximate surface area is 76.8 Å². The SMILES string of the molecule is CSC1(COC(C)=O)CCOC1. The zero-order valence-electron chi connectivity index (χ0n) is 7.46. The van der Waals surface area contributed by atoms with Crippen molar-refractivity contribution in [2.75, 3.05) is 26.1 Å². The van der Waals surface area contributed by atoms with Crippen molar-refractivity contribution in [3.63, 3.8) is 0 Å². The summed E-state index contributed by atoms with van der Waals surface area (Å²) in [5.41, 5.74) is 0. The van der Waals surface area contributed by atoms with Gasteiger partial charge < -0.3 is 9.47 Å². The third-order valence-corrected chi connectivity index (χ3v) is 3.34. The summed E-state index contributed by atoms with van der Waals surface area (Å²) in [6.45, 7) is 3.39. The van der Waals surface area contributed by atoms with Gasteiger partial charge in [0.25, 0.3) is 0 Å². The van der Waals surface area contributed by atoms with Gasteiger partial charge in [0, 0.05) is 13.5 Å². The van der Waals surface area contributed by atoms with E-state index in [1.165, 1.54) is 6.92 Å². The second kappa shape index (κ2) is 4.14. The standard InChI is InChI=1S/C8H14O3S/c1-7(9)11-6-8(12-2)3-4-10-5-8/h3-6H2,1-2H3. The maximum absolute atomic E-state index is 10.6. The molecule has 4 heteroatoms. The first kappa shape index (κ1) is 9.86. The highest BCUT2D eigenvalue weighted by molar-refractivity contribution is 8.00. The third-order valence-electron chi connectivity index (χ3n) is 2.04. The van der Waals surface area contributed by atoms with Crippen LogP contribution in [0.4, 0.5) is 0 Å². The molecule has 0 saturated carbocycles. The molecule has 3 nitrogen and oxygen atoms in total. The van der Waals surface area contributed by atoms with Gasteiger partial charge in [-0.2, -0.15) is 11.8 Å². The van der Waals surface area contributed by atoms with Crippen LogP contribution < -0.4 is 0 Å². The predicted octanol–water partition coefficient (Wildman–Crippen LogP) is 1.07. The first-order chi connectivity index (χ1) is 5.68. The molecule has 1 saturated heterocycles. The van der Waals surface area contributed by atoms with Crippen LogP contribution in [0, 0.1) is 0 Å². The van der Waals surface area contributed by atoms with Crippen LogP contribution in [0.1, 0.15) is 13.3 Å². The lowest BCUT2D eigenvalue weighted by Crippen LogP contribution is -2.31. The summed E-state index contributed by atoms with van der Waals surface area (Å²) in [5.74, 6) is -0.213. The molecule has 1 unspecified atom stereocenters. The van der Waals surface area contributed by atoms with Crippen molar-refractivity contribution in [1.29, 1.82) is 0 Å². The maximum atomic E-state index is 10.6. The summed E-state index contributed by atoms with van der Waals surface area (Å²) in [7, 11) is 0. The lowest BCUT2D eigenvalue weighted by atomic mass is 10.1. The Hall–Kier alpha value is -0.220. The second-order valence-electron chi connectivity index (χ2n) is 2.97. The number of rotatable bonds is 3. The quantitative estimate of drug-likeness (QED) is 0.624. The fourth-order valence-corrected chi connectivity index (χ4v) is 1.82. The molecule has 0 bridgehead atoms. The van der Waals surface area contributed by atoms with E-state index in [1.54, 1.807) is 11.8 Å². The summed E-state index contributed by atoms with van der Waals surface area (Å²) < 4.78 is 10.3. The van der Waals surface area contributed by atoms with Crippen molar-refractivity contribution in [2.45, 2.75) is 18.1 Å². The Balaban J connectivity index is 2.39. The van der Waals surface area contributed by atoms with Crippen molar-refractivity contribution in [3.8, 4) is 0 Å². The van der Waals surface area contributed by atoms with E-state index in [0.717, 1.165) is 13.0 Å². The fourth-order valence-electron chi connectivity index (χ4n) is 1.16. The summed E-state index contributed by atoms with van der Waals surface area (Å²) in [6.07, 6.45) is 3.00. The number of hydrogen-bond donors (Lipinski definition) is 0. The van der Waals surface area contributed by atoms with Gasteiger partial charge in [0.15, 0.2) is 0 Å². The van der Waals surface area contributed by atoms with Gasteiger partial charge in [-0.1, -0.05) is 0 Å². The average Bonchev–Trinajstić information content (AvgIpc) is 2.50. The van der Waals surface area contributed by atoms with Crippen LogP contribution >= 0.6 is 11.8 Å². The van der Waals surface area contributed by atoms with Crippen LogP contribution in [0.3, 0.4) is 0 Å². The van der Waals surface area contributed by atoms with Gasteiger partial charge in [0.2, 0.25) is 0 Å². The van der Waals surface area contributed by atoms with Gasteiger partial charge in [-0.05, 0) is 12.7 Å². The first-order valence-electron chi connectivity index (χ1n) is 3.95. The Kier molecular flexibility index (Phi) is 3.40. The molecule has 12 heavy (non-hydrogen) atoms. The van der Waals surface area contributed by atoms with Crippen molar-refractivity contribution in [3.05, 3.63) is 0 Å². The van der Waals surface area contributed by atoms with Gasteiger partial charge >= 0.3 is 5.97 Å². The third kappa shape index (κ3) is 2.38. The summed E-state index contributed by atoms with van der Waals surface area (Å²) in [5, 5.41) is 0. The van der Waals surface area contributed by atoms with Gasteiger partial charge in [0.1, 0.15) is 6.61 Å². The van der Waals surface area contributed by atoms with Crippen LogP contribution in [-0.4, -0.2) is 36.8 Å². The summed E-state index contributed by atoms with van der Waals surface area (Å²) in [4.78, 5) is 10.6. The Morgan fingerprint density at radius 1 is 1.75 bits per heavy atom. The van der Waals surface area contributed by atoms with Crippen LogP contribution in [0.15, 0.2) is 0 Å². The molecule has 0 radical (unpaired) electrons. The average molecular weight is 190 g/mol. The van der Waals surface area contributed by atoms with Gasteiger partial charge in [0.05, 0.1) is 11.4 Å². The number of hydrogen-bond acceptors (Lipinski definition) is 4. The molecule has 0 spiro atoms. The lowest BCUT2D eigenvalue weighted by molar-refractivity contribution is -0.141. The first-order valence-corrected chi connectivity index (χ1v) is 5.17. The Morgan fingerprint density at radius 3 is 2.92 bits per heavy atom. The molecule has 1 atom stereocenters. The van der Waals surface area contributed by atoms with Gasteiger partial charge in [-0.3, -0.25) is 4.79 Å². The van der Waals surface area contributed by atoms with Crippen molar-refractivity contribution in [2.24, 2.45) is 0 Å². The van der Waals surface area contributed by atoms with Gasteiger partial charge in [-0.25, -0.2) is 0 Å². The van der Waals surface area contributed by atoms with E-state index >= 15 is 0 Å². The van der Waals surface area contributed by atoms with E-state index in [9.17, 15) is 4.79 Å². The predicted molar refractivity (Wildman–Crippen MR) is 48.3 cm³/mol. The van der Waals surface area contributed by atoms with E-state index in [4.69, 9.17) is 9.47 Å². The van der Waals surface area contributed by atoms with Crippen LogP contribution in [0.5, 0.6) is 0 Å². The van der Waals surface area contributed by atoms with E-state index in [-0.39, 0.29) is 10.7 Å². The van der Waals surface area contributed by atoms with E-state index in [0.29, 0.717) is 13.2 Å². The highest BCUT2D eigenvalue weighted by Crippen LogP contribution is 2.32. The number of ether oxygens (including phenoxy) is 2. The molecular formula is C8H14O3S. The zero-order chi connectivity index (χ0) is 9.03. The van der Waals surface area contributed by atoms with Crippen molar-refractivity contribution >= 4 is 17.7 Å². The van der Waals surface area contributed by atoms with Crippen LogP contribution in [0.2, 0.25) is 0 Å². The number of esters is 1. The molecule has 1 aliphatic rings. The molecular weight excluding hydrogens is 176 g/mol. The normalized spacial score (nSPS) is 28.8. The molecule has 1 rings (SSSR count). The number of carbonyl (C=O) groups is 1. The number of carbonyl (C=O) groups excluding carboxylic acids is 1. The van der Waals surface area contributed by atoms with Crippen LogP contribution in [-0.2, 0) is 14.3 Å². The molecule has 0 aromatic rings. The highest BCUT2D eigenvalue weighted by Gasteiger charge is 2.35. The lowest BCUT2D eigenvalue weighted by Gasteiger charge is -2.23. The molecule has 0 N–H and O–H groups in total. The van der Waals surface area contributed by atoms with Crippen molar-refractivity contribution in [1.82, 2.24) is 0 Å². The minimum Gasteiger partial charge on any atom is -0.464 e. The maximum Gasteiger partial charge on any atom is 0.302 e. The summed E-state index contributed by atoms with van der Waals surface area (Å²) >= 11 is 1.72. The molecule has 1 heterocycles. The zero-order valence-corrected chi connectivity index (χ0v) is 8.28. The Morgan fingerprint density at radius 2 is 2.50 bits per heavy atom. The highest BCUT2D eigenvalue weighted by atomic mass is 32.2. The smallest absolute Gasteiger partial charge is 0.302 e. The minimum atomic E-state index is -0.213. The molecule has 0 aromatic carbocycles. The van der Waals surface area contributed by atoms with Gasteiger partial charge in [-0.15, -0.1) is 0 Å². The molecule has 1 fully saturated rings.